The van der Waals surface area contributed by atoms with Crippen LogP contribution in [0.1, 0.15) is 12.8 Å². The van der Waals surface area contributed by atoms with Gasteiger partial charge in [0.1, 0.15) is 13.2 Å². The Kier molecular flexibility index (Phi) is 11.7. The average Bonchev–Trinajstić information content (AvgIpc) is 2.13. The number of ether oxygens (including phenoxy) is 1. The lowest BCUT2D eigenvalue weighted by molar-refractivity contribution is -0.870. The van der Waals surface area contributed by atoms with Gasteiger partial charge in [-0.15, -0.1) is 0 Å². The van der Waals surface area contributed by atoms with Crippen LogP contribution in [0.4, 0.5) is 4.79 Å². The molecule has 98 valence electrons. The topological polar surface area (TPSA) is 104 Å². The molecule has 0 aromatic carbocycles. The number of nitrogens with zero attached hydrogens (tertiary/aromatic N) is 1. The molecular weight excluding hydrogens is 208 g/mol. The van der Waals surface area contributed by atoms with Crippen LogP contribution in [0.2, 0.25) is 0 Å². The Morgan fingerprint density at radius 3 is 1.81 bits per heavy atom. The normalized spacial score (nSPS) is 10.3. The average molecular weight is 235 g/mol. The van der Waals surface area contributed by atoms with Gasteiger partial charge in [0.05, 0.1) is 21.1 Å². The van der Waals surface area contributed by atoms with Gasteiger partial charge in [-0.05, 0) is 25.9 Å². The zero-order valence-electron chi connectivity index (χ0n) is 10.7. The predicted octanol–water partition coefficient (Wildman–Crippen LogP) is -0.528. The molecule has 0 radical (unpaired) electrons. The van der Waals surface area contributed by atoms with E-state index in [4.69, 9.17) is 17.2 Å². The molecule has 0 aliphatic heterocycles. The molecule has 16 heavy (non-hydrogen) atoms. The second-order valence-corrected chi connectivity index (χ2v) is 4.47. The Bertz CT molecular complexity index is 165. The Labute approximate surface area is 98.3 Å². The Morgan fingerprint density at radius 2 is 1.56 bits per heavy atom. The number of hydrogen-bond acceptors (Lipinski definition) is 4. The first-order valence-electron chi connectivity index (χ1n) is 5.46. The summed E-state index contributed by atoms with van der Waals surface area (Å²) in [6.45, 7) is 2.72. The van der Waals surface area contributed by atoms with Gasteiger partial charge < -0.3 is 26.4 Å². The van der Waals surface area contributed by atoms with Gasteiger partial charge in [-0.2, -0.15) is 0 Å². The van der Waals surface area contributed by atoms with E-state index in [0.717, 1.165) is 37.0 Å². The van der Waals surface area contributed by atoms with E-state index in [1.807, 2.05) is 21.1 Å². The molecule has 0 saturated carbocycles. The van der Waals surface area contributed by atoms with Crippen molar-refractivity contribution in [2.45, 2.75) is 12.8 Å². The number of rotatable bonds is 6. The van der Waals surface area contributed by atoms with E-state index < -0.39 is 6.09 Å². The van der Waals surface area contributed by atoms with Crippen LogP contribution in [-0.4, -0.2) is 58.0 Å². The van der Waals surface area contributed by atoms with Gasteiger partial charge >= 0.3 is 6.09 Å². The van der Waals surface area contributed by atoms with Gasteiger partial charge in [0, 0.05) is 0 Å². The maximum atomic E-state index is 10.1. The second kappa shape index (κ2) is 10.7. The summed E-state index contributed by atoms with van der Waals surface area (Å²) >= 11 is 0. The quantitative estimate of drug-likeness (QED) is 0.425. The van der Waals surface area contributed by atoms with Crippen molar-refractivity contribution in [3.05, 3.63) is 0 Å². The van der Waals surface area contributed by atoms with E-state index in [9.17, 15) is 4.79 Å². The van der Waals surface area contributed by atoms with E-state index in [1.165, 1.54) is 0 Å². The summed E-state index contributed by atoms with van der Waals surface area (Å²) < 4.78 is 5.31. The van der Waals surface area contributed by atoms with Crippen molar-refractivity contribution < 1.29 is 14.0 Å². The summed E-state index contributed by atoms with van der Waals surface area (Å²) in [4.78, 5) is 10.1. The predicted molar refractivity (Wildman–Crippen MR) is 65.8 cm³/mol. The highest BCUT2D eigenvalue weighted by Gasteiger charge is 2.06. The van der Waals surface area contributed by atoms with E-state index >= 15 is 0 Å². The van der Waals surface area contributed by atoms with Crippen molar-refractivity contribution in [2.75, 3.05) is 47.4 Å². The van der Waals surface area contributed by atoms with Gasteiger partial charge in [-0.1, -0.05) is 0 Å². The number of quaternary nitrogens is 1. The molecule has 0 fully saturated rings. The fourth-order valence-corrected chi connectivity index (χ4v) is 0.709. The standard InChI is InChI=1S/C6H14N2O2.C4H12N2/c1-8(2,3)4-5-10-6(7)9;5-3-1-2-4-6/h4-5H2,1-3H3,(H-,7,9);1-6H2/p+1. The van der Waals surface area contributed by atoms with Crippen LogP contribution in [0.5, 0.6) is 0 Å². The number of amides is 1. The number of hydrogen-bond donors (Lipinski definition) is 3. The number of unbranched alkanes of at least 4 members (excludes halogenated alkanes) is 1. The molecule has 0 heterocycles. The summed E-state index contributed by atoms with van der Waals surface area (Å²) in [6.07, 6.45) is 1.43. The van der Waals surface area contributed by atoms with E-state index in [-0.39, 0.29) is 0 Å². The lowest BCUT2D eigenvalue weighted by Crippen LogP contribution is -2.38. The monoisotopic (exact) mass is 235 g/mol. The van der Waals surface area contributed by atoms with E-state index in [0.29, 0.717) is 6.61 Å². The van der Waals surface area contributed by atoms with Crippen LogP contribution in [-0.2, 0) is 4.74 Å². The minimum atomic E-state index is -0.701. The maximum Gasteiger partial charge on any atom is 0.404 e. The third-order valence-electron chi connectivity index (χ3n) is 1.66. The molecule has 0 aromatic heterocycles. The fourth-order valence-electron chi connectivity index (χ4n) is 0.709. The Hall–Kier alpha value is -0.850. The van der Waals surface area contributed by atoms with Crippen LogP contribution in [0.3, 0.4) is 0 Å². The molecule has 6 N–H and O–H groups in total. The van der Waals surface area contributed by atoms with Crippen molar-refractivity contribution in [2.24, 2.45) is 17.2 Å². The summed E-state index contributed by atoms with van der Waals surface area (Å²) in [5.41, 5.74) is 15.1. The lowest BCUT2D eigenvalue weighted by atomic mass is 10.3. The molecule has 0 atom stereocenters. The van der Waals surface area contributed by atoms with E-state index in [1.54, 1.807) is 0 Å². The summed E-state index contributed by atoms with van der Waals surface area (Å²) in [5.74, 6) is 0. The largest absolute Gasteiger partial charge is 0.444 e. The first-order valence-corrected chi connectivity index (χ1v) is 5.46. The number of carbonyl (C=O) groups is 1. The molecule has 6 heteroatoms. The van der Waals surface area contributed by atoms with Crippen molar-refractivity contribution in [3.8, 4) is 0 Å². The van der Waals surface area contributed by atoms with Gasteiger partial charge in [0.2, 0.25) is 0 Å². The molecule has 0 bridgehead atoms. The molecule has 0 unspecified atom stereocenters. The van der Waals surface area contributed by atoms with Crippen molar-refractivity contribution in [3.63, 3.8) is 0 Å². The molecule has 0 spiro atoms. The van der Waals surface area contributed by atoms with Crippen LogP contribution < -0.4 is 17.2 Å². The van der Waals surface area contributed by atoms with Crippen LogP contribution >= 0.6 is 0 Å². The third-order valence-corrected chi connectivity index (χ3v) is 1.66. The van der Waals surface area contributed by atoms with E-state index in [2.05, 4.69) is 4.74 Å². The van der Waals surface area contributed by atoms with Crippen LogP contribution in [0.25, 0.3) is 0 Å². The first kappa shape index (κ1) is 17.5. The van der Waals surface area contributed by atoms with Crippen LogP contribution in [0, 0.1) is 0 Å². The number of nitrogens with two attached hydrogens (primary N) is 3. The lowest BCUT2D eigenvalue weighted by Gasteiger charge is -2.22. The molecule has 1 amide bonds. The Morgan fingerprint density at radius 1 is 1.12 bits per heavy atom. The van der Waals surface area contributed by atoms with Gasteiger partial charge in [-0.25, -0.2) is 4.79 Å². The third kappa shape index (κ3) is 23.2. The zero-order valence-corrected chi connectivity index (χ0v) is 10.7. The molecule has 0 rings (SSSR count). The van der Waals surface area contributed by atoms with Gasteiger partial charge in [0.15, 0.2) is 0 Å². The SMILES string of the molecule is C[N+](C)(C)CCOC(N)=O.NCCCCN. The number of carbonyl (C=O) groups excluding carboxylic acids is 1. The van der Waals surface area contributed by atoms with Crippen LogP contribution in [0.15, 0.2) is 0 Å². The summed E-state index contributed by atoms with van der Waals surface area (Å²) in [7, 11) is 6.05. The van der Waals surface area contributed by atoms with Crippen molar-refractivity contribution >= 4 is 6.09 Å². The number of likely N-dealkylation sites (N-methyl/N-ethyl adjacent to an activating group) is 1. The first-order chi connectivity index (χ1) is 7.33. The van der Waals surface area contributed by atoms with Gasteiger partial charge in [0.25, 0.3) is 0 Å². The van der Waals surface area contributed by atoms with Gasteiger partial charge in [-0.3, -0.25) is 0 Å². The molecular formula is C10H27N4O2+. The fraction of sp³-hybridized carbons (Fsp3) is 0.900. The minimum absolute atomic E-state index is 0.388. The maximum absolute atomic E-state index is 10.1. The Balaban J connectivity index is 0. The summed E-state index contributed by atoms with van der Waals surface area (Å²) in [6, 6.07) is 0. The zero-order chi connectivity index (χ0) is 13.0. The molecule has 0 aliphatic rings. The minimum Gasteiger partial charge on any atom is -0.444 e. The highest BCUT2D eigenvalue weighted by atomic mass is 16.5. The molecule has 0 aromatic rings. The van der Waals surface area contributed by atoms with Crippen molar-refractivity contribution in [1.82, 2.24) is 0 Å². The highest BCUT2D eigenvalue weighted by Crippen LogP contribution is 1.88. The summed E-state index contributed by atoms with van der Waals surface area (Å²) in [5, 5.41) is 0. The second-order valence-electron chi connectivity index (χ2n) is 4.47. The molecule has 0 aliphatic carbocycles. The van der Waals surface area contributed by atoms with Crippen molar-refractivity contribution in [1.29, 1.82) is 0 Å². The molecule has 6 nitrogen and oxygen atoms in total. The molecule has 0 saturated heterocycles. The number of primary amides is 1. The highest BCUT2D eigenvalue weighted by molar-refractivity contribution is 5.64. The smallest absolute Gasteiger partial charge is 0.404 e.